The number of nitrogens with two attached hydrogens (primary N) is 1. The summed E-state index contributed by atoms with van der Waals surface area (Å²) < 4.78 is 25.5. The number of hydrogen-bond donors (Lipinski definition) is 1. The first-order valence-electron chi connectivity index (χ1n) is 6.60. The van der Waals surface area contributed by atoms with Crippen LogP contribution in [-0.4, -0.2) is 61.6 Å². The maximum atomic E-state index is 12.3. The van der Waals surface area contributed by atoms with Crippen molar-refractivity contribution < 1.29 is 8.42 Å². The van der Waals surface area contributed by atoms with E-state index in [1.54, 1.807) is 25.1 Å². The van der Waals surface area contributed by atoms with Gasteiger partial charge in [-0.05, 0) is 33.2 Å². The third-order valence-electron chi connectivity index (χ3n) is 3.42. The molecule has 2 N–H and O–H groups in total. The Morgan fingerprint density at radius 3 is 2.06 bits per heavy atom. The quantitative estimate of drug-likeness (QED) is 0.804. The van der Waals surface area contributed by atoms with Crippen molar-refractivity contribution in [1.29, 1.82) is 0 Å². The molecule has 0 aromatic carbocycles. The molecule has 6 heteroatoms. The van der Waals surface area contributed by atoms with E-state index in [1.807, 2.05) is 0 Å². The molecule has 1 heterocycles. The van der Waals surface area contributed by atoms with Crippen molar-refractivity contribution in [3.63, 3.8) is 0 Å². The van der Waals surface area contributed by atoms with E-state index in [0.717, 1.165) is 19.6 Å². The molecule has 0 amide bonds. The largest absolute Gasteiger partial charge is 0.330 e. The van der Waals surface area contributed by atoms with Gasteiger partial charge < -0.3 is 10.6 Å². The molecule has 0 aliphatic carbocycles. The molecular weight excluding hydrogens is 250 g/mol. The van der Waals surface area contributed by atoms with Gasteiger partial charge in [0.05, 0.1) is 4.75 Å². The predicted octanol–water partition coefficient (Wildman–Crippen LogP) is 0.327. The Bertz CT molecular complexity index is 354. The van der Waals surface area contributed by atoms with Crippen LogP contribution in [0.3, 0.4) is 0 Å². The summed E-state index contributed by atoms with van der Waals surface area (Å²) in [5.41, 5.74) is 5.61. The minimum atomic E-state index is -3.17. The molecule has 1 aliphatic heterocycles. The highest BCUT2D eigenvalue weighted by atomic mass is 32.2. The Morgan fingerprint density at radius 1 is 1.17 bits per heavy atom. The fraction of sp³-hybridized carbons (Fsp3) is 1.00. The smallest absolute Gasteiger partial charge is 0.219 e. The SMILES string of the molecule is CC(CN)CN1CCN(S(=O)(=O)C(C)(C)C)CC1. The molecule has 18 heavy (non-hydrogen) atoms. The van der Waals surface area contributed by atoms with Crippen molar-refractivity contribution in [2.75, 3.05) is 39.3 Å². The first-order valence-corrected chi connectivity index (χ1v) is 8.04. The molecule has 5 nitrogen and oxygen atoms in total. The van der Waals surface area contributed by atoms with Crippen LogP contribution in [0.15, 0.2) is 0 Å². The van der Waals surface area contributed by atoms with Crippen molar-refractivity contribution in [2.24, 2.45) is 11.7 Å². The second-order valence-electron chi connectivity index (χ2n) is 6.16. The Labute approximate surface area is 111 Å². The summed E-state index contributed by atoms with van der Waals surface area (Å²) in [6.45, 7) is 11.8. The van der Waals surface area contributed by atoms with E-state index in [2.05, 4.69) is 11.8 Å². The highest BCUT2D eigenvalue weighted by Gasteiger charge is 2.36. The topological polar surface area (TPSA) is 66.6 Å². The van der Waals surface area contributed by atoms with Crippen molar-refractivity contribution in [3.05, 3.63) is 0 Å². The van der Waals surface area contributed by atoms with E-state index in [0.29, 0.717) is 25.6 Å². The van der Waals surface area contributed by atoms with E-state index in [-0.39, 0.29) is 0 Å². The molecule has 0 bridgehead atoms. The first kappa shape index (κ1) is 15.9. The van der Waals surface area contributed by atoms with Crippen molar-refractivity contribution >= 4 is 10.0 Å². The van der Waals surface area contributed by atoms with E-state index in [4.69, 9.17) is 5.73 Å². The number of sulfonamides is 1. The first-order chi connectivity index (χ1) is 8.18. The Kier molecular flexibility index (Phi) is 5.17. The third-order valence-corrected chi connectivity index (χ3v) is 6.01. The molecule has 1 atom stereocenters. The molecule has 0 saturated carbocycles. The minimum Gasteiger partial charge on any atom is -0.330 e. The van der Waals surface area contributed by atoms with Crippen LogP contribution in [0, 0.1) is 5.92 Å². The Morgan fingerprint density at radius 2 is 1.67 bits per heavy atom. The van der Waals surface area contributed by atoms with Crippen molar-refractivity contribution in [1.82, 2.24) is 9.21 Å². The lowest BCUT2D eigenvalue weighted by Crippen LogP contribution is -2.53. The van der Waals surface area contributed by atoms with Crippen LogP contribution in [0.25, 0.3) is 0 Å². The zero-order valence-corrected chi connectivity index (χ0v) is 12.8. The van der Waals surface area contributed by atoms with Gasteiger partial charge in [-0.2, -0.15) is 4.31 Å². The molecule has 1 aliphatic rings. The van der Waals surface area contributed by atoms with Gasteiger partial charge in [-0.25, -0.2) is 8.42 Å². The summed E-state index contributed by atoms with van der Waals surface area (Å²) in [5.74, 6) is 0.468. The van der Waals surface area contributed by atoms with Gasteiger partial charge in [0.1, 0.15) is 0 Å². The zero-order valence-electron chi connectivity index (χ0n) is 12.0. The van der Waals surface area contributed by atoms with Gasteiger partial charge in [0.2, 0.25) is 10.0 Å². The van der Waals surface area contributed by atoms with Crippen LogP contribution in [0.2, 0.25) is 0 Å². The lowest BCUT2D eigenvalue weighted by molar-refractivity contribution is 0.168. The number of rotatable bonds is 4. The summed E-state index contributed by atoms with van der Waals surface area (Å²) in [7, 11) is -3.17. The average Bonchev–Trinajstić information content (AvgIpc) is 2.28. The Hall–Kier alpha value is -0.170. The van der Waals surface area contributed by atoms with Gasteiger partial charge in [0.25, 0.3) is 0 Å². The standard InChI is InChI=1S/C12H27N3O2S/c1-11(9-13)10-14-5-7-15(8-6-14)18(16,17)12(2,3)4/h11H,5-10,13H2,1-4H3. The van der Waals surface area contributed by atoms with Crippen LogP contribution in [0.1, 0.15) is 27.7 Å². The van der Waals surface area contributed by atoms with Gasteiger partial charge in [0.15, 0.2) is 0 Å². The average molecular weight is 277 g/mol. The van der Waals surface area contributed by atoms with E-state index in [9.17, 15) is 8.42 Å². The highest BCUT2D eigenvalue weighted by molar-refractivity contribution is 7.90. The molecule has 1 rings (SSSR count). The molecule has 0 radical (unpaired) electrons. The molecular formula is C12H27N3O2S. The lowest BCUT2D eigenvalue weighted by atomic mass is 10.1. The van der Waals surface area contributed by atoms with Crippen molar-refractivity contribution in [2.45, 2.75) is 32.4 Å². The van der Waals surface area contributed by atoms with Crippen LogP contribution in [-0.2, 0) is 10.0 Å². The van der Waals surface area contributed by atoms with E-state index >= 15 is 0 Å². The maximum absolute atomic E-state index is 12.3. The van der Waals surface area contributed by atoms with Crippen molar-refractivity contribution in [3.8, 4) is 0 Å². The second kappa shape index (κ2) is 5.86. The second-order valence-corrected chi connectivity index (χ2v) is 8.85. The molecule has 0 aromatic heterocycles. The maximum Gasteiger partial charge on any atom is 0.219 e. The van der Waals surface area contributed by atoms with Crippen LogP contribution >= 0.6 is 0 Å². The summed E-state index contributed by atoms with van der Waals surface area (Å²) in [6, 6.07) is 0. The zero-order chi connectivity index (χ0) is 14.0. The molecule has 0 spiro atoms. The van der Waals surface area contributed by atoms with Gasteiger partial charge in [-0.3, -0.25) is 0 Å². The monoisotopic (exact) mass is 277 g/mol. The van der Waals surface area contributed by atoms with Crippen LogP contribution < -0.4 is 5.73 Å². The van der Waals surface area contributed by atoms with Gasteiger partial charge in [-0.15, -0.1) is 0 Å². The summed E-state index contributed by atoms with van der Waals surface area (Å²) >= 11 is 0. The normalized spacial score (nSPS) is 22.1. The minimum absolute atomic E-state index is 0.468. The number of nitrogens with zero attached hydrogens (tertiary/aromatic N) is 2. The van der Waals surface area contributed by atoms with Crippen LogP contribution in [0.4, 0.5) is 0 Å². The molecule has 1 fully saturated rings. The number of piperazine rings is 1. The summed E-state index contributed by atoms with van der Waals surface area (Å²) in [6.07, 6.45) is 0. The van der Waals surface area contributed by atoms with E-state index < -0.39 is 14.8 Å². The predicted molar refractivity (Wildman–Crippen MR) is 74.9 cm³/mol. The van der Waals surface area contributed by atoms with Gasteiger partial charge in [0, 0.05) is 32.7 Å². The van der Waals surface area contributed by atoms with Gasteiger partial charge >= 0.3 is 0 Å². The number of hydrogen-bond acceptors (Lipinski definition) is 4. The molecule has 1 unspecified atom stereocenters. The third kappa shape index (κ3) is 3.66. The molecule has 108 valence electrons. The van der Waals surface area contributed by atoms with E-state index in [1.165, 1.54) is 0 Å². The lowest BCUT2D eigenvalue weighted by Gasteiger charge is -2.38. The molecule has 1 saturated heterocycles. The summed E-state index contributed by atoms with van der Waals surface area (Å²) in [4.78, 5) is 2.30. The molecule has 0 aromatic rings. The fourth-order valence-electron chi connectivity index (χ4n) is 2.06. The highest BCUT2D eigenvalue weighted by Crippen LogP contribution is 2.21. The van der Waals surface area contributed by atoms with Crippen LogP contribution in [0.5, 0.6) is 0 Å². The Balaban J connectivity index is 2.55. The van der Waals surface area contributed by atoms with Gasteiger partial charge in [-0.1, -0.05) is 6.92 Å². The summed E-state index contributed by atoms with van der Waals surface area (Å²) in [5, 5.41) is 0. The fourth-order valence-corrected chi connectivity index (χ4v) is 3.47.